The molecular weight excluding hydrogens is 180 g/mol. The minimum Gasteiger partial charge on any atom is -0.379 e. The van der Waals surface area contributed by atoms with Gasteiger partial charge in [-0.25, -0.2) is 0 Å². The molecule has 2 heteroatoms. The fourth-order valence-electron chi connectivity index (χ4n) is 6.97. The van der Waals surface area contributed by atoms with Crippen LogP contribution in [0.1, 0.15) is 6.42 Å². The highest BCUT2D eigenvalue weighted by molar-refractivity contribution is 8.01. The quantitative estimate of drug-likeness (QED) is 0.622. The topological polar surface area (TPSA) is 20.2 Å². The summed E-state index contributed by atoms with van der Waals surface area (Å²) in [5.74, 6) is 7.65. The van der Waals surface area contributed by atoms with Crippen LogP contribution in [0.5, 0.6) is 0 Å². The molecule has 10 unspecified atom stereocenters. The molecule has 13 heavy (non-hydrogen) atoms. The minimum absolute atomic E-state index is 0.197. The highest BCUT2D eigenvalue weighted by Gasteiger charge is 2.92. The van der Waals surface area contributed by atoms with Crippen LogP contribution < -0.4 is 0 Å². The van der Waals surface area contributed by atoms with Gasteiger partial charge >= 0.3 is 0 Å². The van der Waals surface area contributed by atoms with Gasteiger partial charge in [0.2, 0.25) is 0 Å². The first kappa shape index (κ1) is 6.02. The van der Waals surface area contributed by atoms with Crippen LogP contribution in [0.25, 0.3) is 0 Å². The van der Waals surface area contributed by atoms with Gasteiger partial charge in [0, 0.05) is 17.1 Å². The van der Waals surface area contributed by atoms with E-state index in [-0.39, 0.29) is 4.93 Å². The fraction of sp³-hybridized carbons (Fsp3) is 1.00. The minimum atomic E-state index is -0.197. The van der Waals surface area contributed by atoms with Gasteiger partial charge in [-0.1, -0.05) is 0 Å². The van der Waals surface area contributed by atoms with Crippen LogP contribution in [0.2, 0.25) is 0 Å². The molecule has 2 aliphatic heterocycles. The summed E-state index contributed by atoms with van der Waals surface area (Å²) in [7, 11) is 0. The largest absolute Gasteiger partial charge is 0.379 e. The molecule has 68 valence electrons. The number of thioether (sulfide) groups is 1. The Morgan fingerprint density at radius 2 is 1.92 bits per heavy atom. The highest BCUT2D eigenvalue weighted by Crippen LogP contribution is 2.93. The zero-order chi connectivity index (χ0) is 8.11. The first-order valence-electron chi connectivity index (χ1n) is 5.72. The predicted molar refractivity (Wildman–Crippen MR) is 48.9 cm³/mol. The van der Waals surface area contributed by atoms with E-state index < -0.39 is 0 Å². The second-order valence-corrected chi connectivity index (χ2v) is 7.69. The van der Waals surface area contributed by atoms with Crippen molar-refractivity contribution in [2.24, 2.45) is 47.3 Å². The lowest BCUT2D eigenvalue weighted by molar-refractivity contribution is -0.0481. The molecule has 0 aromatic heterocycles. The van der Waals surface area contributed by atoms with Gasteiger partial charge in [0.05, 0.1) is 0 Å². The van der Waals surface area contributed by atoms with Crippen molar-refractivity contribution in [3.05, 3.63) is 0 Å². The van der Waals surface area contributed by atoms with E-state index in [1.807, 2.05) is 11.8 Å². The van der Waals surface area contributed by atoms with Crippen molar-refractivity contribution in [3.63, 3.8) is 0 Å². The monoisotopic (exact) mass is 192 g/mol. The van der Waals surface area contributed by atoms with E-state index in [0.717, 1.165) is 52.6 Å². The van der Waals surface area contributed by atoms with Crippen LogP contribution in [0.15, 0.2) is 0 Å². The van der Waals surface area contributed by atoms with E-state index in [1.54, 1.807) is 0 Å². The summed E-state index contributed by atoms with van der Waals surface area (Å²) in [5.41, 5.74) is 0. The smallest absolute Gasteiger partial charge is 0.117 e. The maximum Gasteiger partial charge on any atom is 0.117 e. The average molecular weight is 192 g/mol. The van der Waals surface area contributed by atoms with Gasteiger partial charge in [0.15, 0.2) is 0 Å². The Morgan fingerprint density at radius 1 is 1.00 bits per heavy atom. The molecule has 7 fully saturated rings. The summed E-state index contributed by atoms with van der Waals surface area (Å²) in [6, 6.07) is 0. The van der Waals surface area contributed by atoms with Crippen LogP contribution >= 0.6 is 11.8 Å². The lowest BCUT2D eigenvalue weighted by Gasteiger charge is -2.45. The normalized spacial score (nSPS) is 93.5. The average Bonchev–Trinajstić information content (AvgIpc) is 2.58. The summed E-state index contributed by atoms with van der Waals surface area (Å²) in [4.78, 5) is -0.197. The molecule has 0 aromatic carbocycles. The van der Waals surface area contributed by atoms with Crippen molar-refractivity contribution in [1.82, 2.24) is 0 Å². The van der Waals surface area contributed by atoms with E-state index in [4.69, 9.17) is 0 Å². The lowest BCUT2D eigenvalue weighted by atomic mass is 9.59. The zero-order valence-corrected chi connectivity index (χ0v) is 8.08. The summed E-state index contributed by atoms with van der Waals surface area (Å²) in [5, 5.41) is 11.6. The lowest BCUT2D eigenvalue weighted by Crippen LogP contribution is -2.48. The maximum atomic E-state index is 10.7. The Kier molecular flexibility index (Phi) is 0.584. The van der Waals surface area contributed by atoms with Gasteiger partial charge in [-0.15, -0.1) is 11.8 Å². The number of rotatable bonds is 0. The molecule has 4 bridgehead atoms. The standard InChI is InChI=1S/C11H12OS/c12-11-8-3-1-2-4-5(3)9(11)7(4)10(13-11)6(2)8/h2-10,12H,1H2. The fourth-order valence-corrected chi connectivity index (χ4v) is 9.40. The molecule has 7 aliphatic rings. The van der Waals surface area contributed by atoms with E-state index in [0.29, 0.717) is 0 Å². The first-order chi connectivity index (χ1) is 6.32. The molecule has 1 nitrogen and oxygen atoms in total. The first-order valence-corrected chi connectivity index (χ1v) is 6.60. The Morgan fingerprint density at radius 3 is 2.85 bits per heavy atom. The Hall–Kier alpha value is 0.310. The van der Waals surface area contributed by atoms with E-state index in [2.05, 4.69) is 0 Å². The van der Waals surface area contributed by atoms with Gasteiger partial charge in [0.25, 0.3) is 0 Å². The summed E-state index contributed by atoms with van der Waals surface area (Å²) < 4.78 is 0. The molecular formula is C11H12OS. The number of aliphatic hydroxyl groups is 1. The highest BCUT2D eigenvalue weighted by atomic mass is 32.2. The second-order valence-electron chi connectivity index (χ2n) is 6.26. The third-order valence-corrected chi connectivity index (χ3v) is 8.48. The van der Waals surface area contributed by atoms with Crippen LogP contribution in [0, 0.1) is 47.3 Å². The maximum absolute atomic E-state index is 10.7. The molecule has 2 saturated heterocycles. The molecule has 0 radical (unpaired) electrons. The molecule has 1 N–H and O–H groups in total. The molecule has 10 atom stereocenters. The predicted octanol–water partition coefficient (Wildman–Crippen LogP) is 1.18. The molecule has 2 heterocycles. The molecule has 7 rings (SSSR count). The molecule has 5 saturated carbocycles. The number of hydrogen-bond acceptors (Lipinski definition) is 2. The van der Waals surface area contributed by atoms with Crippen LogP contribution in [0.4, 0.5) is 0 Å². The van der Waals surface area contributed by atoms with Crippen molar-refractivity contribution in [2.75, 3.05) is 0 Å². The summed E-state index contributed by atoms with van der Waals surface area (Å²) in [6.07, 6.45) is 1.51. The van der Waals surface area contributed by atoms with E-state index >= 15 is 0 Å². The van der Waals surface area contributed by atoms with Crippen molar-refractivity contribution >= 4 is 11.8 Å². The van der Waals surface area contributed by atoms with Gasteiger partial charge < -0.3 is 5.11 Å². The molecule has 5 aliphatic carbocycles. The van der Waals surface area contributed by atoms with Gasteiger partial charge in [-0.05, 0) is 41.9 Å². The van der Waals surface area contributed by atoms with Crippen molar-refractivity contribution < 1.29 is 5.11 Å². The Balaban J connectivity index is 1.84. The third kappa shape index (κ3) is 0.307. The second kappa shape index (κ2) is 1.26. The van der Waals surface area contributed by atoms with Gasteiger partial charge in [-0.3, -0.25) is 0 Å². The van der Waals surface area contributed by atoms with Crippen molar-refractivity contribution in [1.29, 1.82) is 0 Å². The van der Waals surface area contributed by atoms with Crippen LogP contribution in [-0.4, -0.2) is 15.3 Å². The van der Waals surface area contributed by atoms with Crippen molar-refractivity contribution in [2.45, 2.75) is 16.6 Å². The van der Waals surface area contributed by atoms with Crippen LogP contribution in [-0.2, 0) is 0 Å². The third-order valence-electron chi connectivity index (χ3n) is 6.66. The Labute approximate surface area is 81.3 Å². The molecule has 0 amide bonds. The van der Waals surface area contributed by atoms with Crippen molar-refractivity contribution in [3.8, 4) is 0 Å². The van der Waals surface area contributed by atoms with E-state index in [1.165, 1.54) is 6.42 Å². The summed E-state index contributed by atoms with van der Waals surface area (Å²) in [6.45, 7) is 0. The zero-order valence-electron chi connectivity index (χ0n) is 7.26. The SMILES string of the molecule is OC12SC3C4C5CC(C6C5C3C61)C42. The van der Waals surface area contributed by atoms with Gasteiger partial charge in [-0.2, -0.15) is 0 Å². The van der Waals surface area contributed by atoms with Crippen LogP contribution in [0.3, 0.4) is 0 Å². The van der Waals surface area contributed by atoms with E-state index in [9.17, 15) is 5.11 Å². The molecule has 0 spiro atoms. The molecule has 0 aromatic rings. The number of hydrogen-bond donors (Lipinski definition) is 1. The Bertz CT molecular complexity index is 356. The van der Waals surface area contributed by atoms with Gasteiger partial charge in [0.1, 0.15) is 4.93 Å². The summed E-state index contributed by atoms with van der Waals surface area (Å²) >= 11 is 2.00.